The van der Waals surface area contributed by atoms with Crippen molar-refractivity contribution in [3.63, 3.8) is 0 Å². The van der Waals surface area contributed by atoms with Crippen LogP contribution >= 0.6 is 0 Å². The average molecular weight is 468 g/mol. The zero-order chi connectivity index (χ0) is 25.2. The number of esters is 1. The van der Waals surface area contributed by atoms with Gasteiger partial charge in [-0.3, -0.25) is 19.1 Å². The van der Waals surface area contributed by atoms with Gasteiger partial charge in [-0.05, 0) is 33.8 Å². The summed E-state index contributed by atoms with van der Waals surface area (Å²) in [5.41, 5.74) is 1.29. The van der Waals surface area contributed by atoms with Gasteiger partial charge in [0.25, 0.3) is 5.91 Å². The Morgan fingerprint density at radius 1 is 1.09 bits per heavy atom. The zero-order valence-corrected chi connectivity index (χ0v) is 20.5. The van der Waals surface area contributed by atoms with Crippen molar-refractivity contribution < 1.29 is 23.9 Å². The molecule has 2 aromatic heterocycles. The molecule has 34 heavy (non-hydrogen) atoms. The summed E-state index contributed by atoms with van der Waals surface area (Å²) >= 11 is 0. The smallest absolute Gasteiger partial charge is 0.328 e. The lowest BCUT2D eigenvalue weighted by Gasteiger charge is -2.19. The van der Waals surface area contributed by atoms with Gasteiger partial charge in [0, 0.05) is 56.0 Å². The van der Waals surface area contributed by atoms with Crippen LogP contribution in [0.1, 0.15) is 44.0 Å². The molecule has 3 aromatic rings. The van der Waals surface area contributed by atoms with Crippen LogP contribution in [-0.2, 0) is 20.9 Å². The lowest BCUT2D eigenvalue weighted by atomic mass is 10.0. The highest BCUT2D eigenvalue weighted by Gasteiger charge is 2.23. The fourth-order valence-corrected chi connectivity index (χ4v) is 3.22. The molecule has 10 nitrogen and oxygen atoms in total. The molecular formula is C24H29N5O5. The highest BCUT2D eigenvalue weighted by atomic mass is 16.6. The van der Waals surface area contributed by atoms with Crippen LogP contribution in [0.2, 0.25) is 0 Å². The minimum atomic E-state index is -0.664. The summed E-state index contributed by atoms with van der Waals surface area (Å²) in [6.07, 6.45) is 3.28. The maximum absolute atomic E-state index is 12.5. The van der Waals surface area contributed by atoms with Crippen molar-refractivity contribution in [2.45, 2.75) is 46.8 Å². The number of aromatic nitrogens is 4. The molecule has 0 bridgehead atoms. The fraction of sp³-hybridized carbons (Fsp3) is 0.417. The Kier molecular flexibility index (Phi) is 6.99. The summed E-state index contributed by atoms with van der Waals surface area (Å²) in [7, 11) is 3.28. The summed E-state index contributed by atoms with van der Waals surface area (Å²) in [5, 5.41) is 4.92. The summed E-state index contributed by atoms with van der Waals surface area (Å²) in [5.74, 6) is 0.00179. The van der Waals surface area contributed by atoms with E-state index in [-0.39, 0.29) is 30.5 Å². The summed E-state index contributed by atoms with van der Waals surface area (Å²) in [6, 6.07) is 3.41. The molecule has 0 radical (unpaired) electrons. The van der Waals surface area contributed by atoms with Gasteiger partial charge >= 0.3 is 5.97 Å². The Balaban J connectivity index is 2.15. The van der Waals surface area contributed by atoms with E-state index in [1.54, 1.807) is 66.3 Å². The number of carbonyl (C=O) groups excluding carboxylic acids is 3. The number of rotatable bonds is 7. The highest BCUT2D eigenvalue weighted by molar-refractivity contribution is 6.06. The number of ether oxygens (including phenoxy) is 2. The third-order valence-corrected chi connectivity index (χ3v) is 4.83. The third kappa shape index (κ3) is 5.75. The second-order valence-electron chi connectivity index (χ2n) is 9.11. The molecule has 0 N–H and O–H groups in total. The molecule has 2 heterocycles. The van der Waals surface area contributed by atoms with Crippen molar-refractivity contribution in [3.05, 3.63) is 36.0 Å². The van der Waals surface area contributed by atoms with Gasteiger partial charge in [0.1, 0.15) is 29.4 Å². The molecule has 0 aliphatic heterocycles. The van der Waals surface area contributed by atoms with Gasteiger partial charge in [0.2, 0.25) is 0 Å². The first-order valence-electron chi connectivity index (χ1n) is 10.7. The molecule has 0 fully saturated rings. The number of nitrogens with zero attached hydrogens (tertiary/aromatic N) is 5. The van der Waals surface area contributed by atoms with Crippen LogP contribution in [0.15, 0.2) is 24.5 Å². The molecule has 3 rings (SSSR count). The lowest BCUT2D eigenvalue weighted by molar-refractivity contribution is -0.155. The molecule has 0 saturated carbocycles. The Bertz CT molecular complexity index is 1240. The number of hydrogen-bond acceptors (Lipinski definition) is 8. The van der Waals surface area contributed by atoms with E-state index in [2.05, 4.69) is 15.1 Å². The Morgan fingerprint density at radius 3 is 2.29 bits per heavy atom. The predicted molar refractivity (Wildman–Crippen MR) is 126 cm³/mol. The first kappa shape index (κ1) is 24.8. The minimum Gasteiger partial charge on any atom is -0.483 e. The summed E-state index contributed by atoms with van der Waals surface area (Å²) in [4.78, 5) is 46.9. The van der Waals surface area contributed by atoms with Crippen LogP contribution in [0.5, 0.6) is 5.75 Å². The van der Waals surface area contributed by atoms with Crippen LogP contribution in [0, 0.1) is 6.92 Å². The van der Waals surface area contributed by atoms with E-state index in [4.69, 9.17) is 9.47 Å². The number of aryl methyl sites for hydroxylation is 1. The molecule has 0 atom stereocenters. The second kappa shape index (κ2) is 9.58. The SMILES string of the molecule is CC(=O)c1nn(CC(=O)OC(C)(C)C)c2cc(OCC(=O)N(C)C)c(-c3cnc(C)nc3)cc12. The molecule has 1 aromatic carbocycles. The number of amides is 1. The molecule has 180 valence electrons. The molecule has 10 heteroatoms. The van der Waals surface area contributed by atoms with Gasteiger partial charge < -0.3 is 14.4 Å². The zero-order valence-electron chi connectivity index (χ0n) is 20.5. The monoisotopic (exact) mass is 467 g/mol. The first-order chi connectivity index (χ1) is 15.9. The molecular weight excluding hydrogens is 438 g/mol. The molecule has 0 saturated heterocycles. The fourth-order valence-electron chi connectivity index (χ4n) is 3.22. The van der Waals surface area contributed by atoms with Gasteiger partial charge in [-0.1, -0.05) is 0 Å². The van der Waals surface area contributed by atoms with E-state index in [1.165, 1.54) is 16.5 Å². The molecule has 0 aliphatic carbocycles. The van der Waals surface area contributed by atoms with E-state index in [0.29, 0.717) is 33.6 Å². The van der Waals surface area contributed by atoms with E-state index >= 15 is 0 Å². The van der Waals surface area contributed by atoms with Crippen molar-refractivity contribution in [2.24, 2.45) is 0 Å². The molecule has 0 unspecified atom stereocenters. The number of fused-ring (bicyclic) bond motifs is 1. The van der Waals surface area contributed by atoms with Crippen LogP contribution in [-0.4, -0.2) is 68.6 Å². The van der Waals surface area contributed by atoms with Crippen LogP contribution < -0.4 is 4.74 Å². The highest BCUT2D eigenvalue weighted by Crippen LogP contribution is 2.35. The van der Waals surface area contributed by atoms with Crippen molar-refractivity contribution in [3.8, 4) is 16.9 Å². The Labute approximate surface area is 197 Å². The predicted octanol–water partition coefficient (Wildman–Crippen LogP) is 2.81. The van der Waals surface area contributed by atoms with Crippen molar-refractivity contribution >= 4 is 28.6 Å². The number of benzene rings is 1. The van der Waals surface area contributed by atoms with E-state index < -0.39 is 11.6 Å². The first-order valence-corrected chi connectivity index (χ1v) is 10.7. The van der Waals surface area contributed by atoms with Crippen molar-refractivity contribution in [1.29, 1.82) is 0 Å². The Morgan fingerprint density at radius 2 is 1.74 bits per heavy atom. The topological polar surface area (TPSA) is 117 Å². The largest absolute Gasteiger partial charge is 0.483 e. The van der Waals surface area contributed by atoms with Crippen molar-refractivity contribution in [1.82, 2.24) is 24.6 Å². The number of likely N-dealkylation sites (N-methyl/N-ethyl adjacent to an activating group) is 1. The van der Waals surface area contributed by atoms with E-state index in [0.717, 1.165) is 0 Å². The lowest BCUT2D eigenvalue weighted by Crippen LogP contribution is -2.27. The van der Waals surface area contributed by atoms with Gasteiger partial charge in [-0.2, -0.15) is 5.10 Å². The maximum Gasteiger partial charge on any atom is 0.328 e. The normalized spacial score (nSPS) is 11.4. The van der Waals surface area contributed by atoms with Crippen LogP contribution in [0.3, 0.4) is 0 Å². The Hall–Kier alpha value is -3.82. The summed E-state index contributed by atoms with van der Waals surface area (Å²) in [6.45, 7) is 8.12. The quantitative estimate of drug-likeness (QED) is 0.385. The molecule has 1 amide bonds. The molecule has 0 spiro atoms. The minimum absolute atomic E-state index is 0.190. The maximum atomic E-state index is 12.5. The van der Waals surface area contributed by atoms with E-state index in [9.17, 15) is 14.4 Å². The average Bonchev–Trinajstić information content (AvgIpc) is 3.08. The standard InChI is InChI=1S/C24H29N5O5/c1-14(30)23-18-8-17(16-10-25-15(2)26-11-16)20(33-13-21(31)28(6)7)9-19(18)29(27-23)12-22(32)34-24(3,4)5/h8-11H,12-13H2,1-7H3. The van der Waals surface area contributed by atoms with Gasteiger partial charge in [-0.15, -0.1) is 0 Å². The number of carbonyl (C=O) groups is 3. The third-order valence-electron chi connectivity index (χ3n) is 4.83. The van der Waals surface area contributed by atoms with Gasteiger partial charge in [-0.25, -0.2) is 9.97 Å². The number of Topliss-reactive ketones (excluding diaryl/α,β-unsaturated/α-hetero) is 1. The molecule has 0 aliphatic rings. The van der Waals surface area contributed by atoms with E-state index in [1.807, 2.05) is 0 Å². The van der Waals surface area contributed by atoms with Crippen LogP contribution in [0.4, 0.5) is 0 Å². The van der Waals surface area contributed by atoms with Gasteiger partial charge in [0.15, 0.2) is 12.4 Å². The summed E-state index contributed by atoms with van der Waals surface area (Å²) < 4.78 is 12.7. The number of hydrogen-bond donors (Lipinski definition) is 0. The van der Waals surface area contributed by atoms with Crippen LogP contribution in [0.25, 0.3) is 22.0 Å². The van der Waals surface area contributed by atoms with Gasteiger partial charge in [0.05, 0.1) is 5.52 Å². The number of ketones is 1. The second-order valence-corrected chi connectivity index (χ2v) is 9.11. The van der Waals surface area contributed by atoms with Crippen molar-refractivity contribution in [2.75, 3.05) is 20.7 Å².